The van der Waals surface area contributed by atoms with Gasteiger partial charge in [-0.15, -0.1) is 47.2 Å². The number of hydrogen-bond donors (Lipinski definition) is 0. The number of fused-ring (bicyclic) bond motifs is 4. The molecule has 0 fully saturated rings. The van der Waals surface area contributed by atoms with Crippen LogP contribution in [0.3, 0.4) is 0 Å². The summed E-state index contributed by atoms with van der Waals surface area (Å²) >= 11 is 1.39. The van der Waals surface area contributed by atoms with Gasteiger partial charge in [-0.05, 0) is 73.2 Å². The van der Waals surface area contributed by atoms with E-state index in [4.69, 9.17) is 16.3 Å². The van der Waals surface area contributed by atoms with Gasteiger partial charge < -0.3 is 9.40 Å². The van der Waals surface area contributed by atoms with E-state index in [1.165, 1.54) is 17.4 Å². The Hall–Kier alpha value is -3.70. The van der Waals surface area contributed by atoms with E-state index >= 15 is 0 Å². The van der Waals surface area contributed by atoms with Crippen LogP contribution in [0.5, 0.6) is 0 Å². The van der Waals surface area contributed by atoms with E-state index in [2.05, 4.69) is 16.0 Å². The van der Waals surface area contributed by atoms with Crippen molar-refractivity contribution in [1.29, 1.82) is 0 Å². The van der Waals surface area contributed by atoms with Crippen LogP contribution in [0.2, 0.25) is 0 Å². The maximum atomic E-state index is 8.73. The maximum Gasteiger partial charge on any atom is 0.227 e. The predicted octanol–water partition coefficient (Wildman–Crippen LogP) is 10.0. The number of benzene rings is 2. The average Bonchev–Trinajstić information content (AvgIpc) is 3.58. The molecule has 5 heterocycles. The number of nitrogens with zero attached hydrogens (tertiary/aromatic N) is 3. The fraction of sp³-hybridized carbons (Fsp3) is 0.194. The number of aromatic nitrogens is 3. The first-order chi connectivity index (χ1) is 21.8. The van der Waals surface area contributed by atoms with Crippen LogP contribution in [0, 0.1) is 25.3 Å². The van der Waals surface area contributed by atoms with Crippen molar-refractivity contribution < 1.29 is 31.4 Å². The van der Waals surface area contributed by atoms with E-state index in [0.29, 0.717) is 16.2 Å². The molecule has 0 unspecified atom stereocenters. The molecule has 7 rings (SSSR count). The smallest absolute Gasteiger partial charge is 0.227 e. The predicted molar refractivity (Wildman–Crippen MR) is 171 cm³/mol. The number of aryl methyl sites for hydroxylation is 2. The molecule has 0 amide bonds. The van der Waals surface area contributed by atoms with Crippen molar-refractivity contribution in [3.8, 4) is 22.5 Å². The Morgan fingerprint density at radius 3 is 2.45 bits per heavy atom. The van der Waals surface area contributed by atoms with E-state index in [1.54, 1.807) is 12.3 Å². The van der Waals surface area contributed by atoms with Gasteiger partial charge in [-0.25, -0.2) is 9.97 Å². The van der Waals surface area contributed by atoms with Crippen LogP contribution >= 0.6 is 11.3 Å². The molecule has 213 valence electrons. The van der Waals surface area contributed by atoms with Gasteiger partial charge in [0.15, 0.2) is 0 Å². The molecular weight excluding hydrogens is 715 g/mol. The summed E-state index contributed by atoms with van der Waals surface area (Å²) < 4.78 is 46.4. The molecule has 2 aromatic carbocycles. The number of thiophene rings is 1. The monoisotopic (exact) mass is 752 g/mol. The Morgan fingerprint density at radius 1 is 0.881 bits per heavy atom. The molecule has 4 nitrogen and oxygen atoms in total. The Labute approximate surface area is 271 Å². The van der Waals surface area contributed by atoms with Crippen LogP contribution in [0.15, 0.2) is 95.5 Å². The molecule has 0 spiro atoms. The fourth-order valence-corrected chi connectivity index (χ4v) is 5.95. The number of para-hydroxylation sites is 1. The molecule has 6 heteroatoms. The summed E-state index contributed by atoms with van der Waals surface area (Å²) in [6.45, 7) is 5.36. The minimum Gasteiger partial charge on any atom is -0.437 e. The summed E-state index contributed by atoms with van der Waals surface area (Å²) in [7, 11) is 0. The van der Waals surface area contributed by atoms with E-state index in [9.17, 15) is 0 Å². The quantitative estimate of drug-likeness (QED) is 0.169. The van der Waals surface area contributed by atoms with Crippen molar-refractivity contribution in [1.82, 2.24) is 15.0 Å². The third-order valence-electron chi connectivity index (χ3n) is 6.58. The third-order valence-corrected chi connectivity index (χ3v) is 7.70. The van der Waals surface area contributed by atoms with Crippen molar-refractivity contribution in [3.63, 3.8) is 0 Å². The van der Waals surface area contributed by atoms with Crippen LogP contribution in [0.4, 0.5) is 0 Å². The van der Waals surface area contributed by atoms with Crippen LogP contribution < -0.4 is 0 Å². The normalized spacial score (nSPS) is 13.8. The van der Waals surface area contributed by atoms with Gasteiger partial charge in [0, 0.05) is 65.4 Å². The number of hydrogen-bond acceptors (Lipinski definition) is 5. The number of rotatable bonds is 3. The van der Waals surface area contributed by atoms with Crippen LogP contribution in [0.25, 0.3) is 54.8 Å². The molecule has 0 aliphatic heterocycles. The second kappa shape index (κ2) is 12.3. The molecule has 0 saturated heterocycles. The average molecular weight is 752 g/mol. The Kier molecular flexibility index (Phi) is 6.96. The first kappa shape index (κ1) is 23.8. The summed E-state index contributed by atoms with van der Waals surface area (Å²) in [5.74, 6) is 0. The zero-order chi connectivity index (χ0) is 32.9. The van der Waals surface area contributed by atoms with Crippen molar-refractivity contribution in [2.45, 2.75) is 40.9 Å². The Balaban J connectivity index is 0.000000280. The van der Waals surface area contributed by atoms with Crippen molar-refractivity contribution in [3.05, 3.63) is 113 Å². The first-order valence-corrected chi connectivity index (χ1v) is 14.2. The van der Waals surface area contributed by atoms with Crippen LogP contribution in [-0.2, 0) is 26.5 Å². The molecule has 42 heavy (non-hydrogen) atoms. The third kappa shape index (κ3) is 6.22. The second-order valence-electron chi connectivity index (χ2n) is 10.8. The van der Waals surface area contributed by atoms with Gasteiger partial charge in [0.1, 0.15) is 10.4 Å². The molecule has 7 aromatic rings. The molecule has 0 atom stereocenters. The molecule has 5 aromatic heterocycles. The summed E-state index contributed by atoms with van der Waals surface area (Å²) in [6, 6.07) is 29.7. The van der Waals surface area contributed by atoms with Gasteiger partial charge in [-0.2, -0.15) is 0 Å². The molecule has 0 N–H and O–H groups in total. The molecule has 0 saturated carbocycles. The van der Waals surface area contributed by atoms with E-state index in [-0.39, 0.29) is 31.5 Å². The number of furan rings is 1. The number of pyridine rings is 3. The van der Waals surface area contributed by atoms with E-state index in [0.717, 1.165) is 43.4 Å². The van der Waals surface area contributed by atoms with Gasteiger partial charge in [0.25, 0.3) is 0 Å². The van der Waals surface area contributed by atoms with Gasteiger partial charge >= 0.3 is 0 Å². The van der Waals surface area contributed by atoms with E-state index in [1.807, 2.05) is 100 Å². The summed E-state index contributed by atoms with van der Waals surface area (Å²) in [5.41, 5.74) is 4.73. The minimum absolute atomic E-state index is 0. The van der Waals surface area contributed by atoms with Gasteiger partial charge in [-0.1, -0.05) is 45.0 Å². The van der Waals surface area contributed by atoms with Gasteiger partial charge in [0.05, 0.1) is 5.69 Å². The van der Waals surface area contributed by atoms with Crippen molar-refractivity contribution in [2.24, 2.45) is 5.41 Å². The zero-order valence-electron chi connectivity index (χ0n) is 28.7. The topological polar surface area (TPSA) is 51.8 Å². The summed E-state index contributed by atoms with van der Waals surface area (Å²) in [4.78, 5) is 14.8. The van der Waals surface area contributed by atoms with Crippen LogP contribution in [0.1, 0.15) is 43.8 Å². The Bertz CT molecular complexity index is 2140. The Morgan fingerprint density at radius 2 is 1.71 bits per heavy atom. The van der Waals surface area contributed by atoms with Gasteiger partial charge in [0.2, 0.25) is 5.71 Å². The minimum atomic E-state index is -2.31. The molecular formula is C36H32IrN3OS-. The fourth-order valence-electron chi connectivity index (χ4n) is 4.66. The van der Waals surface area contributed by atoms with Crippen LogP contribution in [-0.4, -0.2) is 15.0 Å². The first-order valence-electron chi connectivity index (χ1n) is 15.9. The maximum absolute atomic E-state index is 8.73. The largest absolute Gasteiger partial charge is 0.437 e. The molecule has 0 bridgehead atoms. The zero-order valence-corrected chi connectivity index (χ0v) is 26.9. The molecule has 0 aliphatic rings. The van der Waals surface area contributed by atoms with E-state index < -0.39 is 18.6 Å². The van der Waals surface area contributed by atoms with Crippen molar-refractivity contribution >= 4 is 43.6 Å². The standard InChI is InChI=1S/C25H24N2OS.C11H8N.Ir/c1-14-9-10-18-17-7-6-8-19(22(17)28-23(18)26-14)20-12-11-16-15(2)21(13-25(3,4)5)29-24(16)27-20;1-2-6-10(7-3-1)11-8-4-5-9-12-11;/h6-12H,13H2,1-5H3;1-6,8-9H;/q;-1;/i1D3,13D2;;. The SMILES string of the molecule is [2H]C([2H])([2H])c1ccc2c(n1)oc1c(-c3ccc4c(C)c(C([2H])([2H])C(C)(C)C)sc4n3)cccc12.[Ir].[c-]1ccccc1-c1ccccn1. The molecule has 1 radical (unpaired) electrons. The second-order valence-corrected chi connectivity index (χ2v) is 11.8. The summed E-state index contributed by atoms with van der Waals surface area (Å²) in [5, 5.41) is 2.53. The van der Waals surface area contributed by atoms with Crippen molar-refractivity contribution in [2.75, 3.05) is 0 Å². The van der Waals surface area contributed by atoms with Gasteiger partial charge in [-0.3, -0.25) is 0 Å². The molecule has 0 aliphatic carbocycles. The summed E-state index contributed by atoms with van der Waals surface area (Å²) in [6.07, 6.45) is 0.295.